The van der Waals surface area contributed by atoms with Gasteiger partial charge in [0.25, 0.3) is 0 Å². The third kappa shape index (κ3) is 2.65. The maximum Gasteiger partial charge on any atom is 0.164 e. The van der Waals surface area contributed by atoms with Crippen molar-refractivity contribution in [1.82, 2.24) is 14.8 Å². The molecule has 4 nitrogen and oxygen atoms in total. The number of rotatable bonds is 2. The molecule has 2 aromatic rings. The van der Waals surface area contributed by atoms with Crippen LogP contribution in [0.1, 0.15) is 32.2 Å². The molecule has 2 N–H and O–H groups in total. The topological polar surface area (TPSA) is 56.7 Å². The van der Waals surface area contributed by atoms with Crippen LogP contribution in [0.3, 0.4) is 0 Å². The maximum absolute atomic E-state index is 6.00. The Morgan fingerprint density at radius 2 is 1.95 bits per heavy atom. The van der Waals surface area contributed by atoms with E-state index in [-0.39, 0.29) is 5.54 Å². The van der Waals surface area contributed by atoms with E-state index >= 15 is 0 Å². The van der Waals surface area contributed by atoms with Gasteiger partial charge in [0.15, 0.2) is 5.82 Å². The highest BCUT2D eigenvalue weighted by Gasteiger charge is 2.23. The minimum Gasteiger partial charge on any atom is -0.324 e. The van der Waals surface area contributed by atoms with Crippen molar-refractivity contribution < 1.29 is 0 Å². The van der Waals surface area contributed by atoms with E-state index in [2.05, 4.69) is 35.5 Å². The molecule has 0 saturated carbocycles. The second-order valence-corrected chi connectivity index (χ2v) is 6.05. The summed E-state index contributed by atoms with van der Waals surface area (Å²) in [4.78, 5) is 0. The second kappa shape index (κ2) is 4.94. The fraction of sp³-hybridized carbons (Fsp3) is 0.429. The van der Waals surface area contributed by atoms with Gasteiger partial charge >= 0.3 is 0 Å². The Hall–Kier alpha value is -1.39. The Morgan fingerprint density at radius 3 is 2.47 bits per heavy atom. The third-order valence-electron chi connectivity index (χ3n) is 3.01. The smallest absolute Gasteiger partial charge is 0.164 e. The summed E-state index contributed by atoms with van der Waals surface area (Å²) in [6, 6.07) is 5.78. The largest absolute Gasteiger partial charge is 0.324 e. The predicted molar refractivity (Wildman–Crippen MR) is 78.1 cm³/mol. The van der Waals surface area contributed by atoms with Gasteiger partial charge in [-0.05, 0) is 51.5 Å². The zero-order valence-corrected chi connectivity index (χ0v) is 12.5. The number of benzene rings is 1. The molecule has 0 unspecified atom stereocenters. The predicted octanol–water partition coefficient (Wildman–Crippen LogP) is 3.12. The van der Waals surface area contributed by atoms with Gasteiger partial charge in [-0.3, -0.25) is 0 Å². The summed E-state index contributed by atoms with van der Waals surface area (Å²) in [6.45, 7) is 8.74. The molecule has 0 atom stereocenters. The first-order valence-corrected chi connectivity index (χ1v) is 6.63. The van der Waals surface area contributed by atoms with Crippen LogP contribution < -0.4 is 5.73 Å². The van der Waals surface area contributed by atoms with Crippen LogP contribution in [0.2, 0.25) is 5.02 Å². The number of halogens is 1. The SMILES string of the molecule is Cc1cc(Cl)ccc1-c1nnc(CN)n1C(C)(C)C. The van der Waals surface area contributed by atoms with Gasteiger partial charge in [0.2, 0.25) is 0 Å². The molecule has 5 heteroatoms. The van der Waals surface area contributed by atoms with E-state index in [4.69, 9.17) is 17.3 Å². The lowest BCUT2D eigenvalue weighted by Crippen LogP contribution is -2.26. The van der Waals surface area contributed by atoms with E-state index in [0.717, 1.165) is 27.8 Å². The number of hydrogen-bond acceptors (Lipinski definition) is 3. The van der Waals surface area contributed by atoms with Gasteiger partial charge in [0, 0.05) is 16.1 Å². The Balaban J connectivity index is 2.66. The molecule has 0 aliphatic heterocycles. The van der Waals surface area contributed by atoms with Crippen molar-refractivity contribution in [3.05, 3.63) is 34.6 Å². The molecule has 0 bridgehead atoms. The molecule has 1 aromatic heterocycles. The number of hydrogen-bond donors (Lipinski definition) is 1. The number of aromatic nitrogens is 3. The van der Waals surface area contributed by atoms with Gasteiger partial charge in [0.1, 0.15) is 5.82 Å². The molecular formula is C14H19ClN4. The lowest BCUT2D eigenvalue weighted by Gasteiger charge is -2.25. The van der Waals surface area contributed by atoms with Gasteiger partial charge in [0.05, 0.1) is 6.54 Å². The van der Waals surface area contributed by atoms with Crippen LogP contribution in [0.5, 0.6) is 0 Å². The summed E-state index contributed by atoms with van der Waals surface area (Å²) in [5.74, 6) is 1.62. The van der Waals surface area contributed by atoms with E-state index < -0.39 is 0 Å². The Morgan fingerprint density at radius 1 is 1.26 bits per heavy atom. The van der Waals surface area contributed by atoms with Crippen LogP contribution in [0.15, 0.2) is 18.2 Å². The van der Waals surface area contributed by atoms with Crippen LogP contribution in [0.25, 0.3) is 11.4 Å². The highest BCUT2D eigenvalue weighted by molar-refractivity contribution is 6.30. The van der Waals surface area contributed by atoms with E-state index in [0.29, 0.717) is 6.54 Å². The average molecular weight is 279 g/mol. The molecule has 0 aliphatic rings. The highest BCUT2D eigenvalue weighted by atomic mass is 35.5. The second-order valence-electron chi connectivity index (χ2n) is 5.61. The normalized spacial score (nSPS) is 11.9. The third-order valence-corrected chi connectivity index (χ3v) is 3.25. The standard InChI is InChI=1S/C14H19ClN4/c1-9-7-10(15)5-6-11(9)13-18-17-12(8-16)19(13)14(2,3)4/h5-7H,8,16H2,1-4H3. The van der Waals surface area contributed by atoms with Crippen LogP contribution in [0, 0.1) is 6.92 Å². The molecule has 19 heavy (non-hydrogen) atoms. The van der Waals surface area contributed by atoms with Gasteiger partial charge in [-0.2, -0.15) is 0 Å². The van der Waals surface area contributed by atoms with Crippen LogP contribution >= 0.6 is 11.6 Å². The van der Waals surface area contributed by atoms with Crippen molar-refractivity contribution in [3.8, 4) is 11.4 Å². The van der Waals surface area contributed by atoms with Gasteiger partial charge < -0.3 is 10.3 Å². The first-order chi connectivity index (χ1) is 8.84. The van der Waals surface area contributed by atoms with Crippen LogP contribution in [0.4, 0.5) is 0 Å². The van der Waals surface area contributed by atoms with Crippen molar-refractivity contribution in [2.24, 2.45) is 5.73 Å². The summed E-state index contributed by atoms with van der Waals surface area (Å²) in [5.41, 5.74) is 7.74. The van der Waals surface area contributed by atoms with E-state index in [1.165, 1.54) is 0 Å². The molecule has 0 fully saturated rings. The van der Waals surface area contributed by atoms with Crippen molar-refractivity contribution in [3.63, 3.8) is 0 Å². The van der Waals surface area contributed by atoms with Crippen LogP contribution in [-0.2, 0) is 12.1 Å². The summed E-state index contributed by atoms with van der Waals surface area (Å²) in [6.07, 6.45) is 0. The Bertz CT molecular complexity index is 596. The minimum absolute atomic E-state index is 0.125. The molecule has 0 aliphatic carbocycles. The van der Waals surface area contributed by atoms with E-state index in [1.807, 2.05) is 25.1 Å². The van der Waals surface area contributed by atoms with Crippen molar-refractivity contribution in [2.75, 3.05) is 0 Å². The quantitative estimate of drug-likeness (QED) is 0.918. The van der Waals surface area contributed by atoms with Crippen molar-refractivity contribution in [1.29, 1.82) is 0 Å². The maximum atomic E-state index is 6.00. The fourth-order valence-electron chi connectivity index (χ4n) is 2.21. The lowest BCUT2D eigenvalue weighted by atomic mass is 10.0. The van der Waals surface area contributed by atoms with E-state index in [9.17, 15) is 0 Å². The molecule has 2 rings (SSSR count). The van der Waals surface area contributed by atoms with Gasteiger partial charge in [-0.25, -0.2) is 0 Å². The molecule has 0 saturated heterocycles. The van der Waals surface area contributed by atoms with Gasteiger partial charge in [-0.15, -0.1) is 10.2 Å². The first kappa shape index (κ1) is 14.0. The minimum atomic E-state index is -0.125. The summed E-state index contributed by atoms with van der Waals surface area (Å²) in [5, 5.41) is 9.22. The molecular weight excluding hydrogens is 260 g/mol. The zero-order valence-electron chi connectivity index (χ0n) is 11.7. The molecule has 0 radical (unpaired) electrons. The number of nitrogens with zero attached hydrogens (tertiary/aromatic N) is 3. The Kier molecular flexibility index (Phi) is 3.65. The zero-order chi connectivity index (χ0) is 14.2. The molecule has 1 heterocycles. The first-order valence-electron chi connectivity index (χ1n) is 6.26. The fourth-order valence-corrected chi connectivity index (χ4v) is 2.43. The average Bonchev–Trinajstić information content (AvgIpc) is 2.72. The van der Waals surface area contributed by atoms with Crippen molar-refractivity contribution >= 4 is 11.6 Å². The molecule has 0 amide bonds. The number of nitrogens with two attached hydrogens (primary N) is 1. The molecule has 0 spiro atoms. The molecule has 102 valence electrons. The van der Waals surface area contributed by atoms with Crippen LogP contribution in [-0.4, -0.2) is 14.8 Å². The molecule has 1 aromatic carbocycles. The highest BCUT2D eigenvalue weighted by Crippen LogP contribution is 2.29. The Labute approximate surface area is 118 Å². The van der Waals surface area contributed by atoms with Crippen molar-refractivity contribution in [2.45, 2.75) is 39.8 Å². The summed E-state index contributed by atoms with van der Waals surface area (Å²) >= 11 is 6.00. The summed E-state index contributed by atoms with van der Waals surface area (Å²) < 4.78 is 2.09. The van der Waals surface area contributed by atoms with E-state index in [1.54, 1.807) is 0 Å². The monoisotopic (exact) mass is 278 g/mol. The van der Waals surface area contributed by atoms with Gasteiger partial charge in [-0.1, -0.05) is 11.6 Å². The number of aryl methyl sites for hydroxylation is 1. The summed E-state index contributed by atoms with van der Waals surface area (Å²) in [7, 11) is 0. The lowest BCUT2D eigenvalue weighted by molar-refractivity contribution is 0.386.